The summed E-state index contributed by atoms with van der Waals surface area (Å²) in [7, 11) is 0. The summed E-state index contributed by atoms with van der Waals surface area (Å²) in [4.78, 5) is 11.3. The van der Waals surface area contributed by atoms with E-state index >= 15 is 0 Å². The highest BCUT2D eigenvalue weighted by Crippen LogP contribution is 2.17. The van der Waals surface area contributed by atoms with Gasteiger partial charge in [-0.1, -0.05) is 23.7 Å². The number of carbonyl (C=O) groups is 1. The number of rotatable bonds is 3. The second-order valence-electron chi connectivity index (χ2n) is 3.57. The summed E-state index contributed by atoms with van der Waals surface area (Å²) >= 11 is 5.85. The number of benzene rings is 1. The first-order chi connectivity index (χ1) is 7.00. The number of nitrogens with one attached hydrogen (secondary N) is 1. The van der Waals surface area contributed by atoms with Crippen molar-refractivity contribution in [2.75, 3.05) is 0 Å². The van der Waals surface area contributed by atoms with Crippen molar-refractivity contribution in [1.29, 1.82) is 0 Å². The first-order valence-electron chi connectivity index (χ1n) is 4.82. The Kier molecular flexibility index (Phi) is 4.12. The van der Waals surface area contributed by atoms with Crippen LogP contribution in [0.4, 0.5) is 0 Å². The molecule has 3 nitrogen and oxygen atoms in total. The van der Waals surface area contributed by atoms with Gasteiger partial charge in [0, 0.05) is 5.02 Å². The molecule has 0 radical (unpaired) electrons. The van der Waals surface area contributed by atoms with Gasteiger partial charge in [-0.25, -0.2) is 0 Å². The van der Waals surface area contributed by atoms with Gasteiger partial charge in [0.25, 0.3) is 0 Å². The molecule has 82 valence electrons. The maximum Gasteiger partial charge on any atom is 0.237 e. The molecule has 0 heterocycles. The Morgan fingerprint density at radius 3 is 2.67 bits per heavy atom. The van der Waals surface area contributed by atoms with Crippen molar-refractivity contribution in [3.8, 4) is 0 Å². The van der Waals surface area contributed by atoms with Gasteiger partial charge in [0.15, 0.2) is 0 Å². The smallest absolute Gasteiger partial charge is 0.237 e. The Labute approximate surface area is 94.6 Å². The molecular formula is C11H15ClN2O. The lowest BCUT2D eigenvalue weighted by molar-refractivity contribution is -0.122. The molecule has 0 saturated carbocycles. The molecule has 3 N–H and O–H groups in total. The van der Waals surface area contributed by atoms with Gasteiger partial charge in [0.1, 0.15) is 0 Å². The average Bonchev–Trinajstić information content (AvgIpc) is 2.17. The SMILES string of the molecule is CC(N)C(=O)N[C@@H](C)c1cccc(Cl)c1. The maximum atomic E-state index is 11.3. The van der Waals surface area contributed by atoms with Crippen LogP contribution in [0.5, 0.6) is 0 Å². The Bertz CT molecular complexity index is 352. The summed E-state index contributed by atoms with van der Waals surface area (Å²) in [5, 5.41) is 3.46. The van der Waals surface area contributed by atoms with Crippen molar-refractivity contribution in [3.63, 3.8) is 0 Å². The molecule has 0 aromatic heterocycles. The normalized spacial score (nSPS) is 14.4. The summed E-state index contributed by atoms with van der Waals surface area (Å²) in [6.07, 6.45) is 0. The van der Waals surface area contributed by atoms with Crippen LogP contribution in [-0.4, -0.2) is 11.9 Å². The Hall–Kier alpha value is -1.06. The first-order valence-corrected chi connectivity index (χ1v) is 5.20. The van der Waals surface area contributed by atoms with Gasteiger partial charge >= 0.3 is 0 Å². The number of hydrogen-bond donors (Lipinski definition) is 2. The van der Waals surface area contributed by atoms with E-state index in [0.29, 0.717) is 5.02 Å². The van der Waals surface area contributed by atoms with Gasteiger partial charge in [-0.2, -0.15) is 0 Å². The van der Waals surface area contributed by atoms with Crippen LogP contribution in [0.25, 0.3) is 0 Å². The van der Waals surface area contributed by atoms with Gasteiger partial charge in [0.05, 0.1) is 12.1 Å². The maximum absolute atomic E-state index is 11.3. The molecule has 15 heavy (non-hydrogen) atoms. The van der Waals surface area contributed by atoms with Crippen molar-refractivity contribution < 1.29 is 4.79 Å². The minimum Gasteiger partial charge on any atom is -0.348 e. The van der Waals surface area contributed by atoms with Crippen LogP contribution in [0.3, 0.4) is 0 Å². The molecule has 0 saturated heterocycles. The van der Waals surface area contributed by atoms with Crippen LogP contribution in [0, 0.1) is 0 Å². The standard InChI is InChI=1S/C11H15ClN2O/c1-7(13)11(15)14-8(2)9-4-3-5-10(12)6-9/h3-8H,13H2,1-2H3,(H,14,15)/t7?,8-/m0/s1. The van der Waals surface area contributed by atoms with Gasteiger partial charge in [-0.05, 0) is 31.5 Å². The fourth-order valence-corrected chi connectivity index (χ4v) is 1.40. The third-order valence-electron chi connectivity index (χ3n) is 2.12. The lowest BCUT2D eigenvalue weighted by Crippen LogP contribution is -2.39. The molecule has 1 aromatic carbocycles. The molecule has 0 aliphatic carbocycles. The Balaban J connectivity index is 2.69. The first kappa shape index (κ1) is 12.0. The molecule has 0 fully saturated rings. The largest absolute Gasteiger partial charge is 0.348 e. The molecule has 2 atom stereocenters. The molecule has 1 amide bonds. The summed E-state index contributed by atoms with van der Waals surface area (Å²) in [6.45, 7) is 3.55. The zero-order valence-electron chi connectivity index (χ0n) is 8.83. The molecule has 0 aliphatic rings. The highest BCUT2D eigenvalue weighted by molar-refractivity contribution is 6.30. The van der Waals surface area contributed by atoms with Gasteiger partial charge in [-0.15, -0.1) is 0 Å². The number of nitrogens with two attached hydrogens (primary N) is 1. The van der Waals surface area contributed by atoms with E-state index < -0.39 is 6.04 Å². The molecule has 1 aromatic rings. The third-order valence-corrected chi connectivity index (χ3v) is 2.36. The Morgan fingerprint density at radius 2 is 2.13 bits per heavy atom. The summed E-state index contributed by atoms with van der Waals surface area (Å²) in [6, 6.07) is 6.82. The van der Waals surface area contributed by atoms with E-state index in [1.807, 2.05) is 25.1 Å². The van der Waals surface area contributed by atoms with Crippen LogP contribution in [0.15, 0.2) is 24.3 Å². The fourth-order valence-electron chi connectivity index (χ4n) is 1.20. The number of carbonyl (C=O) groups excluding carboxylic acids is 1. The predicted octanol–water partition coefficient (Wildman–Crippen LogP) is 1.86. The van der Waals surface area contributed by atoms with Gasteiger partial charge in [0.2, 0.25) is 5.91 Å². The van der Waals surface area contributed by atoms with Crippen LogP contribution in [-0.2, 0) is 4.79 Å². The predicted molar refractivity (Wildman–Crippen MR) is 61.7 cm³/mol. The van der Waals surface area contributed by atoms with E-state index in [-0.39, 0.29) is 11.9 Å². The minimum absolute atomic E-state index is 0.0813. The fraction of sp³-hybridized carbons (Fsp3) is 0.364. The minimum atomic E-state index is -0.494. The van der Waals surface area contributed by atoms with Crippen LogP contribution >= 0.6 is 11.6 Å². The molecule has 1 rings (SSSR count). The topological polar surface area (TPSA) is 55.1 Å². The molecule has 0 spiro atoms. The molecule has 0 aliphatic heterocycles. The number of halogens is 1. The van der Waals surface area contributed by atoms with Gasteiger partial charge in [-0.3, -0.25) is 4.79 Å². The van der Waals surface area contributed by atoms with E-state index in [1.165, 1.54) is 0 Å². The summed E-state index contributed by atoms with van der Waals surface area (Å²) < 4.78 is 0. The molecular weight excluding hydrogens is 212 g/mol. The second kappa shape index (κ2) is 5.14. The molecule has 0 bridgehead atoms. The van der Waals surface area contributed by atoms with Crippen molar-refractivity contribution in [2.45, 2.75) is 25.9 Å². The lowest BCUT2D eigenvalue weighted by atomic mass is 10.1. The second-order valence-corrected chi connectivity index (χ2v) is 4.01. The highest BCUT2D eigenvalue weighted by atomic mass is 35.5. The van der Waals surface area contributed by atoms with E-state index in [4.69, 9.17) is 17.3 Å². The Morgan fingerprint density at radius 1 is 1.47 bits per heavy atom. The number of amides is 1. The molecule has 4 heteroatoms. The zero-order valence-corrected chi connectivity index (χ0v) is 9.58. The zero-order chi connectivity index (χ0) is 11.4. The van der Waals surface area contributed by atoms with Crippen LogP contribution in [0.1, 0.15) is 25.5 Å². The monoisotopic (exact) mass is 226 g/mol. The van der Waals surface area contributed by atoms with Crippen molar-refractivity contribution in [1.82, 2.24) is 5.32 Å². The van der Waals surface area contributed by atoms with Crippen LogP contribution in [0.2, 0.25) is 5.02 Å². The number of hydrogen-bond acceptors (Lipinski definition) is 2. The summed E-state index contributed by atoms with van der Waals surface area (Å²) in [5.41, 5.74) is 6.42. The van der Waals surface area contributed by atoms with E-state index in [0.717, 1.165) is 5.56 Å². The van der Waals surface area contributed by atoms with E-state index in [9.17, 15) is 4.79 Å². The third kappa shape index (κ3) is 3.53. The van der Waals surface area contributed by atoms with Gasteiger partial charge < -0.3 is 11.1 Å². The summed E-state index contributed by atoms with van der Waals surface area (Å²) in [5.74, 6) is -0.164. The van der Waals surface area contributed by atoms with Crippen molar-refractivity contribution in [3.05, 3.63) is 34.9 Å². The average molecular weight is 227 g/mol. The van der Waals surface area contributed by atoms with Crippen LogP contribution < -0.4 is 11.1 Å². The molecule has 1 unspecified atom stereocenters. The van der Waals surface area contributed by atoms with Crippen molar-refractivity contribution in [2.24, 2.45) is 5.73 Å². The van der Waals surface area contributed by atoms with Crippen molar-refractivity contribution >= 4 is 17.5 Å². The van der Waals surface area contributed by atoms with E-state index in [2.05, 4.69) is 5.32 Å². The highest BCUT2D eigenvalue weighted by Gasteiger charge is 2.12. The van der Waals surface area contributed by atoms with E-state index in [1.54, 1.807) is 13.0 Å². The lowest BCUT2D eigenvalue weighted by Gasteiger charge is -2.16. The quantitative estimate of drug-likeness (QED) is 0.827.